The molecular formula is C23H24N2O4. The number of anilines is 2. The van der Waals surface area contributed by atoms with Crippen LogP contribution in [0.4, 0.5) is 11.4 Å². The van der Waals surface area contributed by atoms with Crippen molar-refractivity contribution in [2.45, 2.75) is 25.7 Å². The molecule has 6 nitrogen and oxygen atoms in total. The van der Waals surface area contributed by atoms with Crippen molar-refractivity contribution in [1.82, 2.24) is 0 Å². The van der Waals surface area contributed by atoms with Crippen LogP contribution in [0.5, 0.6) is 11.5 Å². The minimum atomic E-state index is -0.336. The van der Waals surface area contributed by atoms with Crippen LogP contribution in [0.25, 0.3) is 0 Å². The maximum absolute atomic E-state index is 13.3. The van der Waals surface area contributed by atoms with Gasteiger partial charge in [0.25, 0.3) is 0 Å². The van der Waals surface area contributed by atoms with E-state index in [-0.39, 0.29) is 24.2 Å². The highest BCUT2D eigenvalue weighted by molar-refractivity contribution is 6.05. The number of rotatable bonds is 2. The first kappa shape index (κ1) is 18.0. The van der Waals surface area contributed by atoms with Gasteiger partial charge in [0.15, 0.2) is 11.5 Å². The Balaban J connectivity index is 1.37. The number of para-hydroxylation sites is 1. The molecular weight excluding hydrogens is 368 g/mol. The van der Waals surface area contributed by atoms with E-state index in [0.717, 1.165) is 17.8 Å². The minimum Gasteiger partial charge on any atom is -0.486 e. The summed E-state index contributed by atoms with van der Waals surface area (Å²) in [6.45, 7) is 4.32. The van der Waals surface area contributed by atoms with Gasteiger partial charge in [-0.05, 0) is 36.1 Å². The minimum absolute atomic E-state index is 0.0290. The first-order valence-corrected chi connectivity index (χ1v) is 10.2. The van der Waals surface area contributed by atoms with Crippen LogP contribution < -0.4 is 19.3 Å². The van der Waals surface area contributed by atoms with Gasteiger partial charge in [0, 0.05) is 37.0 Å². The summed E-state index contributed by atoms with van der Waals surface area (Å²) in [6, 6.07) is 13.6. The lowest BCUT2D eigenvalue weighted by atomic mass is 9.90. The monoisotopic (exact) mass is 392 g/mol. The fourth-order valence-electron chi connectivity index (χ4n) is 4.52. The van der Waals surface area contributed by atoms with Crippen LogP contribution in [0.1, 0.15) is 31.2 Å². The number of hydrogen-bond acceptors (Lipinski definition) is 4. The quantitative estimate of drug-likeness (QED) is 0.787. The second kappa shape index (κ2) is 7.10. The Morgan fingerprint density at radius 1 is 1.07 bits per heavy atom. The molecule has 6 heteroatoms. The summed E-state index contributed by atoms with van der Waals surface area (Å²) in [6.07, 6.45) is 1.18. The van der Waals surface area contributed by atoms with Crippen molar-refractivity contribution >= 4 is 23.2 Å². The molecule has 29 heavy (non-hydrogen) atoms. The summed E-state index contributed by atoms with van der Waals surface area (Å²) >= 11 is 0. The number of carbonyl (C=O) groups excluding carboxylic acids is 2. The van der Waals surface area contributed by atoms with Crippen molar-refractivity contribution in [2.24, 2.45) is 5.92 Å². The summed E-state index contributed by atoms with van der Waals surface area (Å²) in [5, 5.41) is 0. The first-order valence-electron chi connectivity index (χ1n) is 10.2. The molecule has 0 N–H and O–H groups in total. The van der Waals surface area contributed by atoms with Crippen LogP contribution in [-0.4, -0.2) is 38.1 Å². The van der Waals surface area contributed by atoms with Crippen molar-refractivity contribution in [3.05, 3.63) is 48.0 Å². The van der Waals surface area contributed by atoms with Crippen molar-refractivity contribution in [3.63, 3.8) is 0 Å². The summed E-state index contributed by atoms with van der Waals surface area (Å²) in [5.74, 6) is 1.46. The lowest BCUT2D eigenvalue weighted by Crippen LogP contribution is -2.41. The average molecular weight is 392 g/mol. The van der Waals surface area contributed by atoms with Crippen LogP contribution in [0.3, 0.4) is 0 Å². The van der Waals surface area contributed by atoms with Crippen LogP contribution in [0, 0.1) is 5.92 Å². The van der Waals surface area contributed by atoms with E-state index in [1.807, 2.05) is 41.3 Å². The highest BCUT2D eigenvalue weighted by Gasteiger charge is 2.39. The van der Waals surface area contributed by atoms with Gasteiger partial charge in [-0.15, -0.1) is 0 Å². The average Bonchev–Trinajstić information content (AvgIpc) is 3.15. The Labute approximate surface area is 170 Å². The third-order valence-electron chi connectivity index (χ3n) is 6.12. The van der Waals surface area contributed by atoms with Gasteiger partial charge in [-0.2, -0.15) is 0 Å². The Kier molecular flexibility index (Phi) is 4.42. The Morgan fingerprint density at radius 3 is 2.72 bits per heavy atom. The lowest BCUT2D eigenvalue weighted by molar-refractivity contribution is -0.124. The van der Waals surface area contributed by atoms with Gasteiger partial charge in [0.05, 0.1) is 5.92 Å². The van der Waals surface area contributed by atoms with Gasteiger partial charge in [-0.25, -0.2) is 0 Å². The highest BCUT2D eigenvalue weighted by Crippen LogP contribution is 2.38. The molecule has 2 amide bonds. The molecule has 3 aliphatic heterocycles. The number of hydrogen-bond donors (Lipinski definition) is 0. The molecule has 3 heterocycles. The number of benzene rings is 2. The van der Waals surface area contributed by atoms with E-state index in [9.17, 15) is 9.59 Å². The number of nitrogens with zero attached hydrogens (tertiary/aromatic N) is 2. The summed E-state index contributed by atoms with van der Waals surface area (Å²) in [7, 11) is 0. The zero-order valence-electron chi connectivity index (χ0n) is 16.5. The number of amides is 2. The Morgan fingerprint density at radius 2 is 1.86 bits per heavy atom. The summed E-state index contributed by atoms with van der Waals surface area (Å²) < 4.78 is 11.2. The maximum atomic E-state index is 13.3. The molecule has 0 radical (unpaired) electrons. The van der Waals surface area contributed by atoms with Crippen LogP contribution >= 0.6 is 0 Å². The first-order chi connectivity index (χ1) is 14.1. The second-order valence-corrected chi connectivity index (χ2v) is 7.97. The Hall–Kier alpha value is -3.02. The number of fused-ring (bicyclic) bond motifs is 2. The summed E-state index contributed by atoms with van der Waals surface area (Å²) in [5.41, 5.74) is 2.95. The highest BCUT2D eigenvalue weighted by atomic mass is 16.6. The molecule has 0 aliphatic carbocycles. The van der Waals surface area contributed by atoms with Crippen molar-refractivity contribution < 1.29 is 19.1 Å². The molecule has 0 saturated carbocycles. The SMILES string of the molecule is CC1CCN(C(=O)C2CC(=O)N(c3ccc4c(c3)OCCO4)C2)c2ccccc21. The van der Waals surface area contributed by atoms with Crippen LogP contribution in [0.2, 0.25) is 0 Å². The van der Waals surface area contributed by atoms with E-state index in [1.54, 1.807) is 4.90 Å². The van der Waals surface area contributed by atoms with Gasteiger partial charge in [-0.1, -0.05) is 25.1 Å². The van der Waals surface area contributed by atoms with Crippen molar-refractivity contribution in [1.29, 1.82) is 0 Å². The van der Waals surface area contributed by atoms with E-state index >= 15 is 0 Å². The van der Waals surface area contributed by atoms with Gasteiger partial charge >= 0.3 is 0 Å². The summed E-state index contributed by atoms with van der Waals surface area (Å²) in [4.78, 5) is 29.6. The standard InChI is InChI=1S/C23H24N2O4/c1-15-8-9-24(19-5-3-2-4-18(15)19)23(27)16-12-22(26)25(14-16)17-6-7-20-21(13-17)29-11-10-28-20/h2-7,13,15-16H,8-12,14H2,1H3. The predicted octanol–water partition coefficient (Wildman–Crippen LogP) is 3.35. The van der Waals surface area contributed by atoms with Crippen LogP contribution in [-0.2, 0) is 9.59 Å². The van der Waals surface area contributed by atoms with Gasteiger partial charge in [0.1, 0.15) is 13.2 Å². The lowest BCUT2D eigenvalue weighted by Gasteiger charge is -2.34. The molecule has 2 aromatic carbocycles. The van der Waals surface area contributed by atoms with E-state index in [4.69, 9.17) is 9.47 Å². The smallest absolute Gasteiger partial charge is 0.232 e. The molecule has 1 saturated heterocycles. The molecule has 0 aromatic heterocycles. The number of ether oxygens (including phenoxy) is 2. The molecule has 0 spiro atoms. The molecule has 5 rings (SSSR count). The Bertz CT molecular complexity index is 973. The van der Waals surface area contributed by atoms with Gasteiger partial charge in [-0.3, -0.25) is 9.59 Å². The van der Waals surface area contributed by atoms with E-state index in [0.29, 0.717) is 43.7 Å². The fraction of sp³-hybridized carbons (Fsp3) is 0.391. The normalized spacial score (nSPS) is 23.1. The second-order valence-electron chi connectivity index (χ2n) is 7.97. The van der Waals surface area contributed by atoms with Gasteiger partial charge < -0.3 is 19.3 Å². The van der Waals surface area contributed by atoms with Crippen molar-refractivity contribution in [3.8, 4) is 11.5 Å². The molecule has 3 aliphatic rings. The zero-order valence-corrected chi connectivity index (χ0v) is 16.5. The van der Waals surface area contributed by atoms with E-state index < -0.39 is 0 Å². The number of carbonyl (C=O) groups is 2. The fourth-order valence-corrected chi connectivity index (χ4v) is 4.52. The van der Waals surface area contributed by atoms with Crippen molar-refractivity contribution in [2.75, 3.05) is 36.1 Å². The predicted molar refractivity (Wildman–Crippen MR) is 110 cm³/mol. The van der Waals surface area contributed by atoms with E-state index in [1.165, 1.54) is 5.56 Å². The van der Waals surface area contributed by atoms with Crippen LogP contribution in [0.15, 0.2) is 42.5 Å². The molecule has 0 bridgehead atoms. The molecule has 2 atom stereocenters. The zero-order chi connectivity index (χ0) is 20.0. The molecule has 2 unspecified atom stereocenters. The third-order valence-corrected chi connectivity index (χ3v) is 6.12. The van der Waals surface area contributed by atoms with E-state index in [2.05, 4.69) is 13.0 Å². The third kappa shape index (κ3) is 3.12. The maximum Gasteiger partial charge on any atom is 0.232 e. The topological polar surface area (TPSA) is 59.1 Å². The molecule has 1 fully saturated rings. The molecule has 150 valence electrons. The van der Waals surface area contributed by atoms with Gasteiger partial charge in [0.2, 0.25) is 11.8 Å². The largest absolute Gasteiger partial charge is 0.486 e. The molecule has 2 aromatic rings.